The van der Waals surface area contributed by atoms with E-state index in [1.54, 1.807) is 99.0 Å². The Labute approximate surface area is 478 Å². The number of pyridine rings is 8. The Kier molecular flexibility index (Phi) is 27.6. The highest BCUT2D eigenvalue weighted by Gasteiger charge is 2.14. The molecule has 0 radical (unpaired) electrons. The van der Waals surface area contributed by atoms with E-state index in [2.05, 4.69) is 136 Å². The molecule has 4 N–H and O–H groups in total. The fourth-order valence-corrected chi connectivity index (χ4v) is 5.52. The SMILES string of the molecule is C#Cc1ccccn1.CCC(C)C(=O)O.CCC(C)c1nc(-c2ccc(C#Cc3ccccn3)cn2)no1.N/C(=N\O)c1ccc(C#Cc2ccccn2)cn1.[C-]#[N+]c1ccc(Br)cn1.[C-]#[N+]c1ccc(C#Cc2ccccn2)cn1. The molecule has 9 heterocycles. The minimum Gasteiger partial charge on any atom is -0.481 e. The van der Waals surface area contributed by atoms with Gasteiger partial charge in [0.25, 0.3) is 11.6 Å². The molecule has 0 aliphatic carbocycles. The summed E-state index contributed by atoms with van der Waals surface area (Å²) in [6.07, 6.45) is 19.9. The molecule has 19 heteroatoms. The molecule has 0 amide bonds. The Morgan fingerprint density at radius 3 is 1.43 bits per heavy atom. The summed E-state index contributed by atoms with van der Waals surface area (Å²) < 4.78 is 6.17. The maximum Gasteiger partial charge on any atom is 0.306 e. The first-order valence-corrected chi connectivity index (χ1v) is 25.1. The molecule has 400 valence electrons. The minimum absolute atomic E-state index is 0.0285. The Bertz CT molecular complexity index is 3690. The van der Waals surface area contributed by atoms with Gasteiger partial charge in [-0.2, -0.15) is 4.98 Å². The second-order valence-electron chi connectivity index (χ2n) is 16.0. The molecule has 18 nitrogen and oxygen atoms in total. The summed E-state index contributed by atoms with van der Waals surface area (Å²) in [6.45, 7) is 21.0. The summed E-state index contributed by atoms with van der Waals surface area (Å²) in [5, 5.41) is 23.5. The van der Waals surface area contributed by atoms with E-state index in [-0.39, 0.29) is 17.7 Å². The fraction of sp³-hybridized carbons (Fsp3) is 0.129. The number of nitrogens with zero attached hydrogens (tertiary/aromatic N) is 13. The Balaban J connectivity index is 0.000000220. The van der Waals surface area contributed by atoms with Gasteiger partial charge in [-0.25, -0.2) is 19.9 Å². The van der Waals surface area contributed by atoms with Crippen LogP contribution < -0.4 is 5.73 Å². The molecule has 0 spiro atoms. The third kappa shape index (κ3) is 24.1. The molecule has 9 rings (SSSR count). The quantitative estimate of drug-likeness (QED) is 0.0350. The van der Waals surface area contributed by atoms with E-state index in [9.17, 15) is 4.79 Å². The largest absolute Gasteiger partial charge is 0.481 e. The molecule has 0 saturated heterocycles. The van der Waals surface area contributed by atoms with Crippen molar-refractivity contribution in [1.82, 2.24) is 50.0 Å². The highest BCUT2D eigenvalue weighted by Crippen LogP contribution is 2.20. The second kappa shape index (κ2) is 35.9. The minimum atomic E-state index is -0.706. The van der Waals surface area contributed by atoms with E-state index < -0.39 is 5.97 Å². The Morgan fingerprint density at radius 2 is 1.10 bits per heavy atom. The molecule has 81 heavy (non-hydrogen) atoms. The van der Waals surface area contributed by atoms with E-state index in [4.69, 9.17) is 40.1 Å². The number of carbonyl (C=O) groups is 1. The van der Waals surface area contributed by atoms with Gasteiger partial charge < -0.3 is 30.3 Å². The average Bonchev–Trinajstić information content (AvgIpc) is 4.04. The van der Waals surface area contributed by atoms with Crippen LogP contribution in [0.25, 0.3) is 21.2 Å². The number of carboxylic acid groups (broad SMARTS) is 1. The number of carboxylic acids is 1. The first-order valence-electron chi connectivity index (χ1n) is 24.3. The topological polar surface area (TPSA) is 247 Å². The Hall–Kier alpha value is -11.2. The molecule has 9 aromatic rings. The number of amidine groups is 1. The van der Waals surface area contributed by atoms with Crippen molar-refractivity contribution in [2.24, 2.45) is 16.8 Å². The van der Waals surface area contributed by atoms with E-state index in [1.807, 2.05) is 85.8 Å². The van der Waals surface area contributed by atoms with Gasteiger partial charge in [-0.3, -0.25) is 14.8 Å². The van der Waals surface area contributed by atoms with E-state index >= 15 is 0 Å². The van der Waals surface area contributed by atoms with Crippen molar-refractivity contribution < 1.29 is 19.6 Å². The summed E-state index contributed by atoms with van der Waals surface area (Å²) in [5.74, 6) is 21.4. The molecule has 0 aliphatic heterocycles. The van der Waals surface area contributed by atoms with E-state index in [1.165, 1.54) is 0 Å². The predicted molar refractivity (Wildman–Crippen MR) is 312 cm³/mol. The second-order valence-corrected chi connectivity index (χ2v) is 16.9. The lowest BCUT2D eigenvalue weighted by Gasteiger charge is -1.98. The van der Waals surface area contributed by atoms with Crippen molar-refractivity contribution in [3.63, 3.8) is 0 Å². The van der Waals surface area contributed by atoms with Crippen LogP contribution in [0.15, 0.2) is 185 Å². The third-order valence-corrected chi connectivity index (χ3v) is 10.6. The molecule has 2 atom stereocenters. The lowest BCUT2D eigenvalue weighted by molar-refractivity contribution is -0.141. The summed E-state index contributed by atoms with van der Waals surface area (Å²) in [6, 6.07) is 36.2. The van der Waals surface area contributed by atoms with Crippen LogP contribution in [0.5, 0.6) is 0 Å². The molecule has 0 saturated carbocycles. The molecule has 0 fully saturated rings. The summed E-state index contributed by atoms with van der Waals surface area (Å²) in [4.78, 5) is 53.0. The lowest BCUT2D eigenvalue weighted by atomic mass is 10.1. The first kappa shape index (κ1) is 62.3. The zero-order valence-corrected chi connectivity index (χ0v) is 45.9. The maximum absolute atomic E-state index is 9.93. The van der Waals surface area contributed by atoms with Crippen molar-refractivity contribution in [1.29, 1.82) is 0 Å². The number of aliphatic carboxylic acids is 1. The molecular weight excluding hydrogens is 1080 g/mol. The molecule has 9 aromatic heterocycles. The van der Waals surface area contributed by atoms with Crippen LogP contribution in [0.3, 0.4) is 0 Å². The van der Waals surface area contributed by atoms with Gasteiger partial charge in [-0.1, -0.05) is 111 Å². The summed E-state index contributed by atoms with van der Waals surface area (Å²) in [5.41, 5.74) is 11.6. The van der Waals surface area contributed by atoms with Crippen LogP contribution in [0.2, 0.25) is 0 Å². The zero-order chi connectivity index (χ0) is 58.5. The average molecular weight is 1140 g/mol. The number of oxime groups is 1. The monoisotopic (exact) mass is 1130 g/mol. The molecule has 0 bridgehead atoms. The number of rotatable bonds is 6. The standard InChI is InChI=1S/C18H16N4O.C13H10N4O.C13H7N3.C7H5N.C6H3BrN2.C5H10O2/c1-3-13(2)18-21-17(22-23-18)16-10-8-14(12-20-16)7-9-15-6-4-5-11-19-15;14-13(17-18)12-7-5-10(9-16-12)4-6-11-3-1-2-8-15-11;1-14-13-8-6-11(10-16-13)5-7-12-4-2-3-9-15-12;1-2-7-5-3-4-6-8-7;1-8-6-3-2-5(7)4-9-6;1-3-4(2)5(6)7/h4-6,8,10-13H,3H2,1-2H3;1-3,5,7-9,18H,(H2,14,17);2-4,6,8-10H;1,3-6H;2-4H;4H,3H2,1-2H3,(H,6,7). The first-order chi connectivity index (χ1) is 39.4. The maximum atomic E-state index is 9.93. The van der Waals surface area contributed by atoms with Crippen molar-refractivity contribution in [3.05, 3.63) is 249 Å². The van der Waals surface area contributed by atoms with Crippen LogP contribution in [-0.2, 0) is 4.79 Å². The van der Waals surface area contributed by atoms with Gasteiger partial charge in [0.2, 0.25) is 11.7 Å². The fourth-order valence-electron chi connectivity index (χ4n) is 5.29. The zero-order valence-electron chi connectivity index (χ0n) is 44.3. The van der Waals surface area contributed by atoms with E-state index in [0.29, 0.717) is 46.1 Å². The highest BCUT2D eigenvalue weighted by molar-refractivity contribution is 9.10. The molecular formula is C62H51BrN14O4. The molecule has 2 unspecified atom stereocenters. The summed E-state index contributed by atoms with van der Waals surface area (Å²) in [7, 11) is 0. The van der Waals surface area contributed by atoms with Gasteiger partial charge in [-0.05, 0) is 131 Å². The van der Waals surface area contributed by atoms with Gasteiger partial charge >= 0.3 is 5.97 Å². The van der Waals surface area contributed by atoms with Crippen molar-refractivity contribution in [2.45, 2.75) is 46.5 Å². The number of aromatic nitrogens is 10. The normalized spacial score (nSPS) is 10.2. The van der Waals surface area contributed by atoms with Gasteiger partial charge in [0.15, 0.2) is 5.84 Å². The lowest BCUT2D eigenvalue weighted by Crippen LogP contribution is -2.14. The molecule has 0 aliphatic rings. The van der Waals surface area contributed by atoms with Gasteiger partial charge in [-0.15, -0.1) is 16.4 Å². The predicted octanol–water partition coefficient (Wildman–Crippen LogP) is 11.4. The van der Waals surface area contributed by atoms with Crippen LogP contribution >= 0.6 is 15.9 Å². The number of hydrogen-bond acceptors (Lipinski definition) is 14. The number of halogens is 1. The Morgan fingerprint density at radius 1 is 0.630 bits per heavy atom. The van der Waals surface area contributed by atoms with Gasteiger partial charge in [0, 0.05) is 54.2 Å². The van der Waals surface area contributed by atoms with Crippen molar-refractivity contribution in [3.8, 4) is 59.4 Å². The van der Waals surface area contributed by atoms with Crippen LogP contribution in [0.1, 0.15) is 97.5 Å². The van der Waals surface area contributed by atoms with Crippen LogP contribution in [-0.4, -0.2) is 72.1 Å². The number of hydrogen-bond donors (Lipinski definition) is 3. The van der Waals surface area contributed by atoms with Crippen molar-refractivity contribution in [2.75, 3.05) is 0 Å². The summed E-state index contributed by atoms with van der Waals surface area (Å²) >= 11 is 3.21. The van der Waals surface area contributed by atoms with Gasteiger partial charge in [0.05, 0.1) is 16.0 Å². The highest BCUT2D eigenvalue weighted by atomic mass is 79.9. The van der Waals surface area contributed by atoms with Crippen molar-refractivity contribution >= 4 is 39.4 Å². The van der Waals surface area contributed by atoms with E-state index in [0.717, 1.165) is 45.4 Å². The third-order valence-electron chi connectivity index (χ3n) is 10.1. The smallest absolute Gasteiger partial charge is 0.306 e. The number of terminal acetylenes is 1. The van der Waals surface area contributed by atoms with Crippen LogP contribution in [0.4, 0.5) is 11.6 Å². The van der Waals surface area contributed by atoms with Crippen LogP contribution in [0, 0.1) is 66.9 Å². The van der Waals surface area contributed by atoms with Gasteiger partial charge in [0.1, 0.15) is 46.6 Å². The molecule has 0 aromatic carbocycles. The number of nitrogens with two attached hydrogens (primary N) is 1.